The van der Waals surface area contributed by atoms with E-state index in [0.717, 1.165) is 94.2 Å². The maximum Gasteiger partial charge on any atom is -0.0318 e. The number of fused-ring (bicyclic) bond motifs is 4. The molecule has 12 fully saturated rings. The average Bonchev–Trinajstić information content (AvgIpc) is 4.29. The van der Waals surface area contributed by atoms with Gasteiger partial charge in [-0.3, -0.25) is 0 Å². The molecule has 0 heterocycles. The van der Waals surface area contributed by atoms with Crippen LogP contribution in [-0.2, 0) is 0 Å². The zero-order chi connectivity index (χ0) is 56.8. The van der Waals surface area contributed by atoms with E-state index in [0.29, 0.717) is 5.41 Å². The van der Waals surface area contributed by atoms with Crippen molar-refractivity contribution >= 4 is 0 Å². The Morgan fingerprint density at radius 1 is 0.400 bits per heavy atom. The Hall–Kier alpha value is 0. The zero-order valence-electron chi connectivity index (χ0n) is 56.8. The normalized spacial score (nSPS) is 31.6. The number of rotatable bonds is 4. The second kappa shape index (κ2) is 44.6. The van der Waals surface area contributed by atoms with Gasteiger partial charge in [0.05, 0.1) is 0 Å². The molecule has 0 aromatic carbocycles. The summed E-state index contributed by atoms with van der Waals surface area (Å²) in [6.07, 6.45) is 55.7. The largest absolute Gasteiger partial charge is 0.0683 e. The molecule has 0 radical (unpaired) electrons. The highest BCUT2D eigenvalue weighted by Gasteiger charge is 2.48. The summed E-state index contributed by atoms with van der Waals surface area (Å²) in [5, 5.41) is 0. The third kappa shape index (κ3) is 36.9. The number of hydrogen-bond donors (Lipinski definition) is 0. The Morgan fingerprint density at radius 3 is 0.880 bits per heavy atom. The van der Waals surface area contributed by atoms with E-state index < -0.39 is 0 Å². The summed E-state index contributed by atoms with van der Waals surface area (Å²) >= 11 is 0. The van der Waals surface area contributed by atoms with Crippen LogP contribution in [0.4, 0.5) is 0 Å². The molecule has 75 heavy (non-hydrogen) atoms. The van der Waals surface area contributed by atoms with Crippen LogP contribution in [0, 0.1) is 99.6 Å². The van der Waals surface area contributed by atoms with Crippen LogP contribution in [0.5, 0.6) is 0 Å². The monoisotopic (exact) mass is 1050 g/mol. The summed E-state index contributed by atoms with van der Waals surface area (Å²) in [5.74, 6) is 16.2. The first-order valence-corrected chi connectivity index (χ1v) is 35.7. The molecule has 0 aliphatic heterocycles. The van der Waals surface area contributed by atoms with E-state index in [2.05, 4.69) is 118 Å². The molecule has 452 valence electrons. The summed E-state index contributed by atoms with van der Waals surface area (Å²) in [5.41, 5.74) is 1.34. The minimum absolute atomic E-state index is 0.542. The van der Waals surface area contributed by atoms with E-state index in [-0.39, 0.29) is 0 Å². The molecule has 0 spiro atoms. The van der Waals surface area contributed by atoms with Crippen molar-refractivity contribution in [1.29, 1.82) is 0 Å². The first-order valence-electron chi connectivity index (χ1n) is 35.7. The van der Waals surface area contributed by atoms with Crippen LogP contribution in [0.15, 0.2) is 0 Å². The highest BCUT2D eigenvalue weighted by molar-refractivity contribution is 4.99. The van der Waals surface area contributed by atoms with E-state index in [4.69, 9.17) is 0 Å². The van der Waals surface area contributed by atoms with Gasteiger partial charge in [0.15, 0.2) is 0 Å². The second-order valence-corrected chi connectivity index (χ2v) is 30.3. The Kier molecular flexibility index (Phi) is 44.6. The maximum atomic E-state index is 2.54. The van der Waals surface area contributed by atoms with Crippen molar-refractivity contribution in [2.45, 2.75) is 383 Å². The van der Waals surface area contributed by atoms with E-state index in [1.165, 1.54) is 148 Å². The third-order valence-electron chi connectivity index (χ3n) is 20.6. The molecule has 0 aromatic heterocycles. The van der Waals surface area contributed by atoms with Crippen LogP contribution in [-0.4, -0.2) is 0 Å². The summed E-state index contributed by atoms with van der Waals surface area (Å²) in [6, 6.07) is 0. The van der Waals surface area contributed by atoms with E-state index in [1.54, 1.807) is 89.9 Å². The first-order chi connectivity index (χ1) is 35.7. The molecule has 0 saturated heterocycles. The molecular weight excluding hydrogens is 901 g/mol. The predicted octanol–water partition coefficient (Wildman–Crippen LogP) is 27.1. The Labute approximate surface area is 480 Å². The molecule has 6 atom stereocenters. The maximum absolute atomic E-state index is 2.54. The summed E-state index contributed by atoms with van der Waals surface area (Å²) in [4.78, 5) is 0. The van der Waals surface area contributed by atoms with Gasteiger partial charge in [-0.2, -0.15) is 0 Å². The molecule has 12 aliphatic rings. The van der Waals surface area contributed by atoms with Crippen molar-refractivity contribution < 1.29 is 0 Å². The highest BCUT2D eigenvalue weighted by Crippen LogP contribution is 2.59. The van der Waals surface area contributed by atoms with E-state index in [9.17, 15) is 0 Å². The van der Waals surface area contributed by atoms with Crippen molar-refractivity contribution in [3.05, 3.63) is 0 Å². The molecule has 5 unspecified atom stereocenters. The van der Waals surface area contributed by atoms with Gasteiger partial charge >= 0.3 is 0 Å². The number of hydrogen-bond acceptors (Lipinski definition) is 0. The third-order valence-corrected chi connectivity index (χ3v) is 20.6. The molecule has 0 heteroatoms. The Bertz CT molecular complexity index is 1150. The fourth-order valence-corrected chi connectivity index (χ4v) is 15.4. The lowest BCUT2D eigenvalue weighted by Gasteiger charge is -2.55. The fraction of sp³-hybridized carbons (Fsp3) is 1.00. The Morgan fingerprint density at radius 2 is 0.720 bits per heavy atom. The quantitative estimate of drug-likeness (QED) is 0.263. The summed E-state index contributed by atoms with van der Waals surface area (Å²) in [7, 11) is 0. The minimum atomic E-state index is 0.542. The molecule has 0 nitrogen and oxygen atoms in total. The van der Waals surface area contributed by atoms with Crippen molar-refractivity contribution in [3.63, 3.8) is 0 Å². The lowest BCUT2D eigenvalue weighted by Crippen LogP contribution is -2.44. The summed E-state index contributed by atoms with van der Waals surface area (Å²) in [6.45, 7) is 46.7. The van der Waals surface area contributed by atoms with E-state index >= 15 is 0 Å². The van der Waals surface area contributed by atoms with Gasteiger partial charge in [0.1, 0.15) is 0 Å². The van der Waals surface area contributed by atoms with Crippen molar-refractivity contribution in [2.75, 3.05) is 0 Å². The van der Waals surface area contributed by atoms with Gasteiger partial charge < -0.3 is 0 Å². The molecule has 8 bridgehead atoms. The molecular formula is C75H152. The van der Waals surface area contributed by atoms with Gasteiger partial charge in [-0.1, -0.05) is 306 Å². The van der Waals surface area contributed by atoms with Gasteiger partial charge in [-0.25, -0.2) is 0 Å². The predicted molar refractivity (Wildman–Crippen MR) is 347 cm³/mol. The van der Waals surface area contributed by atoms with Crippen molar-refractivity contribution in [3.8, 4) is 0 Å². The van der Waals surface area contributed by atoms with Gasteiger partial charge in [-0.05, 0) is 177 Å². The lowest BCUT2D eigenvalue weighted by atomic mass is 9.50. The SMILES string of the molecule is CC.CC.CC(C)C.CC12CC3CC(CC(C3)C1)C2.CC1CCCC1.CC1CCCCC1.CCC(C)(C)C.CCC(C)C.CCC1CC2CCC1C2.CCC1CCCC1.CCC1CCCCC1.C[C@H]1CC2CCC1C2. The van der Waals surface area contributed by atoms with Crippen LogP contribution in [0.2, 0.25) is 0 Å². The zero-order valence-corrected chi connectivity index (χ0v) is 56.8. The smallest absolute Gasteiger partial charge is 0.0318 e. The van der Waals surface area contributed by atoms with Gasteiger partial charge in [-0.15, -0.1) is 0 Å². The van der Waals surface area contributed by atoms with Crippen molar-refractivity contribution in [2.24, 2.45) is 99.6 Å². The van der Waals surface area contributed by atoms with Crippen LogP contribution in [0.25, 0.3) is 0 Å². The second-order valence-electron chi connectivity index (χ2n) is 30.3. The molecule has 12 saturated carbocycles. The van der Waals surface area contributed by atoms with Crippen LogP contribution < -0.4 is 0 Å². The Balaban J connectivity index is 0.000000814. The minimum Gasteiger partial charge on any atom is -0.0683 e. The topological polar surface area (TPSA) is 0 Å². The molecule has 12 rings (SSSR count). The van der Waals surface area contributed by atoms with Gasteiger partial charge in [0.2, 0.25) is 0 Å². The first kappa shape index (κ1) is 75.0. The average molecular weight is 1050 g/mol. The van der Waals surface area contributed by atoms with Crippen molar-refractivity contribution in [1.82, 2.24) is 0 Å². The molecule has 0 aromatic rings. The van der Waals surface area contributed by atoms with Gasteiger partial charge in [0, 0.05) is 0 Å². The highest BCUT2D eigenvalue weighted by atomic mass is 14.5. The van der Waals surface area contributed by atoms with Gasteiger partial charge in [0.25, 0.3) is 0 Å². The van der Waals surface area contributed by atoms with Crippen LogP contribution >= 0.6 is 0 Å². The lowest BCUT2D eigenvalue weighted by molar-refractivity contribution is -0.0411. The molecule has 0 amide bonds. The van der Waals surface area contributed by atoms with Crippen LogP contribution in [0.3, 0.4) is 0 Å². The standard InChI is InChI=1S/C11H18.C9H16.C8H14.C8H16.2C7H14.C6H12.C6H14.C5H12.C4H10.2C2H6/c1-11-5-8-2-9(6-11)4-10(3-8)7-11;1-2-8-5-7-3-4-9(8)6-7;1-6-4-7-2-3-8(6)5-7;1-2-8-6-4-3-5-7-8;1-7-5-3-2-4-6-7;1-2-7-5-3-4-6-7;1-6-4-2-3-5-6;1-5-6(2,3)4;1-4-5(2)3;1-4(2)3;2*1-2/h8-10H,2-7H2,1H3;7-9H,2-6H2,1H3;6-8H,2-5H2,1H3;8H,2-7H2,1H3;2*7H,2-6H2,1H3;6H,2-5H2,1H3;5H2,1-4H3;5H,4H2,1-3H3;4H,1-3H3;2*1-2H3/t;;6-,7?,8?;;;;;;;;;/m..0........./s1. The molecule has 12 aliphatic carbocycles. The van der Waals surface area contributed by atoms with Crippen LogP contribution in [0.1, 0.15) is 383 Å². The van der Waals surface area contributed by atoms with E-state index in [1.807, 2.05) is 27.7 Å². The molecule has 0 N–H and O–H groups in total. The summed E-state index contributed by atoms with van der Waals surface area (Å²) < 4.78 is 0. The fourth-order valence-electron chi connectivity index (χ4n) is 15.4.